The van der Waals surface area contributed by atoms with Crippen molar-refractivity contribution in [2.24, 2.45) is 0 Å². The van der Waals surface area contributed by atoms with Gasteiger partial charge in [-0.1, -0.05) is 60.3 Å². The minimum absolute atomic E-state index is 0.0789. The Morgan fingerprint density at radius 3 is 2.59 bits per heavy atom. The van der Waals surface area contributed by atoms with E-state index in [4.69, 9.17) is 0 Å². The highest BCUT2D eigenvalue weighted by Crippen LogP contribution is 2.32. The van der Waals surface area contributed by atoms with Crippen LogP contribution in [0.3, 0.4) is 0 Å². The van der Waals surface area contributed by atoms with Crippen molar-refractivity contribution in [1.29, 1.82) is 0 Å². The first kappa shape index (κ1) is 17.8. The van der Waals surface area contributed by atoms with Gasteiger partial charge in [0.2, 0.25) is 0 Å². The standard InChI is InChI=1S/C22H18N2OS2/c1-15-8-2-5-11-18(15)23-21(25)17-10-4-3-9-16(17)14-26-22-24-19-12-6-7-13-20(19)27-22/h2-13H,14H2,1H3,(H,23,25). The lowest BCUT2D eigenvalue weighted by Crippen LogP contribution is -2.14. The monoisotopic (exact) mass is 390 g/mol. The number of thioether (sulfide) groups is 1. The van der Waals surface area contributed by atoms with Gasteiger partial charge in [0.05, 0.1) is 10.2 Å². The molecule has 4 rings (SSSR count). The average Bonchev–Trinajstić information content (AvgIpc) is 3.11. The molecule has 0 unspecified atom stereocenters. The summed E-state index contributed by atoms with van der Waals surface area (Å²) in [6.45, 7) is 1.99. The van der Waals surface area contributed by atoms with Gasteiger partial charge in [-0.3, -0.25) is 4.79 Å². The zero-order valence-electron chi connectivity index (χ0n) is 14.8. The van der Waals surface area contributed by atoms with Gasteiger partial charge in [-0.2, -0.15) is 0 Å². The molecule has 5 heteroatoms. The smallest absolute Gasteiger partial charge is 0.255 e. The highest BCUT2D eigenvalue weighted by atomic mass is 32.2. The quantitative estimate of drug-likeness (QED) is 0.416. The first-order valence-corrected chi connectivity index (χ1v) is 10.4. The number of para-hydroxylation sites is 2. The Bertz CT molecular complexity index is 1070. The first-order valence-electron chi connectivity index (χ1n) is 8.64. The van der Waals surface area contributed by atoms with E-state index in [1.807, 2.05) is 73.7 Å². The van der Waals surface area contributed by atoms with Crippen molar-refractivity contribution in [3.05, 3.63) is 89.5 Å². The Balaban J connectivity index is 1.52. The van der Waals surface area contributed by atoms with Crippen LogP contribution in [0.1, 0.15) is 21.5 Å². The minimum atomic E-state index is -0.0789. The number of rotatable bonds is 5. The number of fused-ring (bicyclic) bond motifs is 1. The third-order valence-electron chi connectivity index (χ3n) is 4.28. The third kappa shape index (κ3) is 4.04. The second-order valence-electron chi connectivity index (χ2n) is 6.16. The summed E-state index contributed by atoms with van der Waals surface area (Å²) in [7, 11) is 0. The summed E-state index contributed by atoms with van der Waals surface area (Å²) in [6.07, 6.45) is 0. The maximum absolute atomic E-state index is 12.8. The zero-order valence-corrected chi connectivity index (χ0v) is 16.4. The van der Waals surface area contributed by atoms with E-state index in [0.717, 1.165) is 26.7 Å². The highest BCUT2D eigenvalue weighted by Gasteiger charge is 2.13. The van der Waals surface area contributed by atoms with E-state index >= 15 is 0 Å². The van der Waals surface area contributed by atoms with E-state index < -0.39 is 0 Å². The van der Waals surface area contributed by atoms with Crippen LogP contribution in [0.15, 0.2) is 77.1 Å². The molecule has 0 aliphatic carbocycles. The molecule has 0 saturated carbocycles. The molecule has 3 aromatic carbocycles. The lowest BCUT2D eigenvalue weighted by atomic mass is 10.1. The number of thiazole rings is 1. The second kappa shape index (κ2) is 7.94. The SMILES string of the molecule is Cc1ccccc1NC(=O)c1ccccc1CSc1nc2ccccc2s1. The zero-order chi connectivity index (χ0) is 18.6. The van der Waals surface area contributed by atoms with E-state index in [0.29, 0.717) is 11.3 Å². The average molecular weight is 391 g/mol. The summed E-state index contributed by atoms with van der Waals surface area (Å²) in [5.41, 5.74) is 4.63. The molecule has 1 amide bonds. The van der Waals surface area contributed by atoms with Gasteiger partial charge < -0.3 is 5.32 Å². The molecule has 134 valence electrons. The van der Waals surface area contributed by atoms with Gasteiger partial charge in [0, 0.05) is 17.0 Å². The number of benzene rings is 3. The summed E-state index contributed by atoms with van der Waals surface area (Å²) >= 11 is 3.35. The minimum Gasteiger partial charge on any atom is -0.322 e. The van der Waals surface area contributed by atoms with Crippen molar-refractivity contribution < 1.29 is 4.79 Å². The lowest BCUT2D eigenvalue weighted by Gasteiger charge is -2.11. The fourth-order valence-electron chi connectivity index (χ4n) is 2.82. The van der Waals surface area contributed by atoms with Crippen molar-refractivity contribution in [2.75, 3.05) is 5.32 Å². The van der Waals surface area contributed by atoms with Crippen LogP contribution in [0.25, 0.3) is 10.2 Å². The molecule has 0 atom stereocenters. The van der Waals surface area contributed by atoms with Crippen molar-refractivity contribution in [1.82, 2.24) is 4.98 Å². The number of amides is 1. The van der Waals surface area contributed by atoms with Crippen LogP contribution >= 0.6 is 23.1 Å². The Labute approximate surface area is 166 Å². The number of hydrogen-bond donors (Lipinski definition) is 1. The van der Waals surface area contributed by atoms with Gasteiger partial charge in [0.1, 0.15) is 0 Å². The number of carbonyl (C=O) groups is 1. The number of carbonyl (C=O) groups excluding carboxylic acids is 1. The van der Waals surface area contributed by atoms with Crippen molar-refractivity contribution in [2.45, 2.75) is 17.0 Å². The first-order chi connectivity index (χ1) is 13.2. The van der Waals surface area contributed by atoms with Gasteiger partial charge in [-0.05, 0) is 42.3 Å². The third-order valence-corrected chi connectivity index (χ3v) is 6.51. The van der Waals surface area contributed by atoms with Crippen LogP contribution in [0.5, 0.6) is 0 Å². The number of hydrogen-bond acceptors (Lipinski definition) is 4. The molecule has 4 aromatic rings. The molecular formula is C22H18N2OS2. The summed E-state index contributed by atoms with van der Waals surface area (Å²) < 4.78 is 2.20. The predicted molar refractivity (Wildman–Crippen MR) is 115 cm³/mol. The maximum atomic E-state index is 12.8. The highest BCUT2D eigenvalue weighted by molar-refractivity contribution is 8.00. The molecular weight excluding hydrogens is 372 g/mol. The Kier molecular flexibility index (Phi) is 5.23. The molecule has 0 radical (unpaired) electrons. The van der Waals surface area contributed by atoms with Gasteiger partial charge >= 0.3 is 0 Å². The number of aromatic nitrogens is 1. The number of anilines is 1. The maximum Gasteiger partial charge on any atom is 0.255 e. The van der Waals surface area contributed by atoms with Crippen LogP contribution in [0, 0.1) is 6.92 Å². The molecule has 0 bridgehead atoms. The molecule has 3 nitrogen and oxygen atoms in total. The van der Waals surface area contributed by atoms with E-state index in [-0.39, 0.29) is 5.91 Å². The lowest BCUT2D eigenvalue weighted by molar-refractivity contribution is 0.102. The molecule has 1 heterocycles. The molecule has 1 aromatic heterocycles. The van der Waals surface area contributed by atoms with Crippen LogP contribution in [-0.4, -0.2) is 10.9 Å². The summed E-state index contributed by atoms with van der Waals surface area (Å²) in [6, 6.07) is 23.7. The van der Waals surface area contributed by atoms with Crippen molar-refractivity contribution in [3.8, 4) is 0 Å². The van der Waals surface area contributed by atoms with Gasteiger partial charge in [-0.25, -0.2) is 4.98 Å². The molecule has 27 heavy (non-hydrogen) atoms. The Hall–Kier alpha value is -2.63. The van der Waals surface area contributed by atoms with Gasteiger partial charge in [0.25, 0.3) is 5.91 Å². The molecule has 0 aliphatic rings. The normalized spacial score (nSPS) is 10.9. The number of aryl methyl sites for hydroxylation is 1. The van der Waals surface area contributed by atoms with Crippen LogP contribution < -0.4 is 5.32 Å². The number of nitrogens with zero attached hydrogens (tertiary/aromatic N) is 1. The fourth-order valence-corrected chi connectivity index (χ4v) is 4.90. The Morgan fingerprint density at radius 2 is 1.74 bits per heavy atom. The molecule has 0 saturated heterocycles. The molecule has 0 spiro atoms. The molecule has 0 fully saturated rings. The molecule has 0 aliphatic heterocycles. The Morgan fingerprint density at radius 1 is 1.00 bits per heavy atom. The van der Waals surface area contributed by atoms with Crippen LogP contribution in [-0.2, 0) is 5.75 Å². The second-order valence-corrected chi connectivity index (χ2v) is 8.42. The topological polar surface area (TPSA) is 42.0 Å². The fraction of sp³-hybridized carbons (Fsp3) is 0.0909. The predicted octanol–water partition coefficient (Wildman–Crippen LogP) is 6.15. The molecule has 1 N–H and O–H groups in total. The van der Waals surface area contributed by atoms with E-state index in [2.05, 4.69) is 16.4 Å². The van der Waals surface area contributed by atoms with Crippen molar-refractivity contribution in [3.63, 3.8) is 0 Å². The van der Waals surface area contributed by atoms with Crippen LogP contribution in [0.2, 0.25) is 0 Å². The van der Waals surface area contributed by atoms with E-state index in [1.54, 1.807) is 23.1 Å². The number of nitrogens with one attached hydrogen (secondary N) is 1. The summed E-state index contributed by atoms with van der Waals surface area (Å²) in [4.78, 5) is 17.5. The van der Waals surface area contributed by atoms with E-state index in [1.165, 1.54) is 4.70 Å². The summed E-state index contributed by atoms with van der Waals surface area (Å²) in [5.74, 6) is 0.627. The van der Waals surface area contributed by atoms with Gasteiger partial charge in [-0.15, -0.1) is 11.3 Å². The largest absolute Gasteiger partial charge is 0.322 e. The van der Waals surface area contributed by atoms with Crippen molar-refractivity contribution >= 4 is 44.9 Å². The van der Waals surface area contributed by atoms with Crippen LogP contribution in [0.4, 0.5) is 5.69 Å². The summed E-state index contributed by atoms with van der Waals surface area (Å²) in [5, 5.41) is 3.03. The van der Waals surface area contributed by atoms with E-state index in [9.17, 15) is 4.79 Å². The van der Waals surface area contributed by atoms with Gasteiger partial charge in [0.15, 0.2) is 4.34 Å².